The number of esters is 1. The van der Waals surface area contributed by atoms with E-state index < -0.39 is 29.2 Å². The standard InChI is InChI=1S/C23H25F3N2O4/c1-2-31-22(30)20(29)18-19(15-10-11-17-14(13-15)7-6-12-32-17)28(16-8-4-3-5-9-16)27-21(18)23(24,25)26/h10-11,13,16H,2-9,12H2,1H3. The molecule has 2 aliphatic rings. The van der Waals surface area contributed by atoms with E-state index in [4.69, 9.17) is 9.47 Å². The van der Waals surface area contributed by atoms with E-state index >= 15 is 0 Å². The van der Waals surface area contributed by atoms with Crippen molar-refractivity contribution in [3.63, 3.8) is 0 Å². The van der Waals surface area contributed by atoms with Crippen LogP contribution in [0.4, 0.5) is 13.2 Å². The molecule has 0 amide bonds. The molecule has 1 saturated carbocycles. The van der Waals surface area contributed by atoms with Crippen molar-refractivity contribution < 1.29 is 32.2 Å². The Kier molecular flexibility index (Phi) is 6.26. The minimum absolute atomic E-state index is 0.0238. The Morgan fingerprint density at radius 1 is 1.19 bits per heavy atom. The van der Waals surface area contributed by atoms with Crippen LogP contribution >= 0.6 is 0 Å². The molecule has 0 unspecified atom stereocenters. The summed E-state index contributed by atoms with van der Waals surface area (Å²) in [7, 11) is 0. The highest BCUT2D eigenvalue weighted by atomic mass is 19.4. The summed E-state index contributed by atoms with van der Waals surface area (Å²) in [4.78, 5) is 25.2. The molecule has 1 aliphatic heterocycles. The van der Waals surface area contributed by atoms with E-state index in [0.717, 1.165) is 31.2 Å². The van der Waals surface area contributed by atoms with E-state index in [1.165, 1.54) is 11.6 Å². The summed E-state index contributed by atoms with van der Waals surface area (Å²) in [6.07, 6.45) is 0.664. The smallest absolute Gasteiger partial charge is 0.435 e. The predicted molar refractivity (Wildman–Crippen MR) is 110 cm³/mol. The summed E-state index contributed by atoms with van der Waals surface area (Å²) in [5, 5.41) is 3.89. The summed E-state index contributed by atoms with van der Waals surface area (Å²) in [5.74, 6) is -1.97. The average molecular weight is 450 g/mol. The van der Waals surface area contributed by atoms with Crippen LogP contribution in [0, 0.1) is 0 Å². The van der Waals surface area contributed by atoms with Crippen LogP contribution in [0.15, 0.2) is 18.2 Å². The summed E-state index contributed by atoms with van der Waals surface area (Å²) < 4.78 is 53.7. The van der Waals surface area contributed by atoms with Crippen molar-refractivity contribution in [1.82, 2.24) is 9.78 Å². The molecule has 4 rings (SSSR count). The number of hydrogen-bond donors (Lipinski definition) is 0. The zero-order valence-corrected chi connectivity index (χ0v) is 17.8. The number of rotatable bonds is 5. The van der Waals surface area contributed by atoms with E-state index in [1.54, 1.807) is 18.2 Å². The maximum atomic E-state index is 14.0. The van der Waals surface area contributed by atoms with Crippen LogP contribution in [0.2, 0.25) is 0 Å². The first-order chi connectivity index (χ1) is 15.3. The Labute approximate surface area is 183 Å². The lowest BCUT2D eigenvalue weighted by Crippen LogP contribution is -2.22. The van der Waals surface area contributed by atoms with Gasteiger partial charge in [0.2, 0.25) is 0 Å². The molecular weight excluding hydrogens is 425 g/mol. The summed E-state index contributed by atoms with van der Waals surface area (Å²) >= 11 is 0. The summed E-state index contributed by atoms with van der Waals surface area (Å²) in [6, 6.07) is 4.79. The number of hydrogen-bond acceptors (Lipinski definition) is 5. The topological polar surface area (TPSA) is 70.4 Å². The molecule has 172 valence electrons. The Morgan fingerprint density at radius 3 is 2.62 bits per heavy atom. The minimum Gasteiger partial charge on any atom is -0.493 e. The number of halogens is 3. The first kappa shape index (κ1) is 22.4. The molecule has 2 aromatic rings. The van der Waals surface area contributed by atoms with Crippen LogP contribution in [0.5, 0.6) is 5.75 Å². The predicted octanol–water partition coefficient (Wildman–Crippen LogP) is 5.14. The van der Waals surface area contributed by atoms with Crippen LogP contribution in [0.1, 0.15) is 73.1 Å². The van der Waals surface area contributed by atoms with Crippen LogP contribution in [-0.4, -0.2) is 34.7 Å². The van der Waals surface area contributed by atoms with E-state index in [0.29, 0.717) is 37.2 Å². The van der Waals surface area contributed by atoms with Gasteiger partial charge in [-0.3, -0.25) is 9.48 Å². The highest BCUT2D eigenvalue weighted by Gasteiger charge is 2.44. The van der Waals surface area contributed by atoms with Gasteiger partial charge < -0.3 is 9.47 Å². The van der Waals surface area contributed by atoms with Gasteiger partial charge in [-0.1, -0.05) is 19.3 Å². The highest BCUT2D eigenvalue weighted by molar-refractivity contribution is 6.42. The van der Waals surface area contributed by atoms with Gasteiger partial charge in [0.05, 0.1) is 30.5 Å². The molecule has 6 nitrogen and oxygen atoms in total. The zero-order chi connectivity index (χ0) is 22.9. The van der Waals surface area contributed by atoms with Gasteiger partial charge >= 0.3 is 12.1 Å². The lowest BCUT2D eigenvalue weighted by molar-refractivity contribution is -0.142. The monoisotopic (exact) mass is 450 g/mol. The van der Waals surface area contributed by atoms with Gasteiger partial charge in [-0.15, -0.1) is 0 Å². The maximum absolute atomic E-state index is 14.0. The second-order valence-electron chi connectivity index (χ2n) is 8.13. The fourth-order valence-corrected chi connectivity index (χ4v) is 4.52. The molecule has 0 atom stereocenters. The Balaban J connectivity index is 1.94. The molecule has 2 heterocycles. The number of Topliss-reactive ketones (excluding diaryl/α,β-unsaturated/α-hetero) is 1. The fourth-order valence-electron chi connectivity index (χ4n) is 4.52. The third-order valence-corrected chi connectivity index (χ3v) is 5.97. The van der Waals surface area contributed by atoms with E-state index in [-0.39, 0.29) is 18.3 Å². The Morgan fingerprint density at radius 2 is 1.94 bits per heavy atom. The highest BCUT2D eigenvalue weighted by Crippen LogP contribution is 2.42. The summed E-state index contributed by atoms with van der Waals surface area (Å²) in [6.45, 7) is 1.96. The van der Waals surface area contributed by atoms with E-state index in [9.17, 15) is 22.8 Å². The van der Waals surface area contributed by atoms with E-state index in [1.807, 2.05) is 0 Å². The van der Waals surface area contributed by atoms with E-state index in [2.05, 4.69) is 5.10 Å². The Hall–Kier alpha value is -2.84. The molecule has 0 spiro atoms. The number of ether oxygens (including phenoxy) is 2. The molecule has 0 saturated heterocycles. The molecular formula is C23H25F3N2O4. The molecule has 32 heavy (non-hydrogen) atoms. The zero-order valence-electron chi connectivity index (χ0n) is 17.8. The van der Waals surface area contributed by atoms with Crippen molar-refractivity contribution in [2.24, 2.45) is 0 Å². The van der Waals surface area contributed by atoms with Crippen molar-refractivity contribution in [2.45, 2.75) is 64.1 Å². The molecule has 9 heteroatoms. The van der Waals surface area contributed by atoms with Crippen LogP contribution in [0.3, 0.4) is 0 Å². The third-order valence-electron chi connectivity index (χ3n) is 5.97. The summed E-state index contributed by atoms with van der Waals surface area (Å²) in [5.41, 5.74) is -0.789. The molecule has 0 radical (unpaired) electrons. The number of ketones is 1. The van der Waals surface area contributed by atoms with Crippen LogP contribution in [-0.2, 0) is 22.1 Å². The lowest BCUT2D eigenvalue weighted by Gasteiger charge is -2.25. The number of carbonyl (C=O) groups excluding carboxylic acids is 2. The van der Waals surface area contributed by atoms with Gasteiger partial charge in [0.1, 0.15) is 5.75 Å². The second kappa shape index (κ2) is 8.96. The van der Waals surface area contributed by atoms with Gasteiger partial charge in [0.15, 0.2) is 5.69 Å². The first-order valence-corrected chi connectivity index (χ1v) is 11.0. The fraction of sp³-hybridized carbons (Fsp3) is 0.522. The van der Waals surface area contributed by atoms with Gasteiger partial charge in [-0.25, -0.2) is 4.79 Å². The number of carbonyl (C=O) groups is 2. The van der Waals surface area contributed by atoms with Crippen molar-refractivity contribution in [2.75, 3.05) is 13.2 Å². The van der Waals surface area contributed by atoms with Gasteiger partial charge in [0.25, 0.3) is 5.78 Å². The van der Waals surface area contributed by atoms with Gasteiger partial charge in [-0.2, -0.15) is 18.3 Å². The Bertz CT molecular complexity index is 1020. The SMILES string of the molecule is CCOC(=O)C(=O)c1c(C(F)(F)F)nn(C2CCCCC2)c1-c1ccc2c(c1)CCCO2. The van der Waals surface area contributed by atoms with Gasteiger partial charge in [0, 0.05) is 5.56 Å². The molecule has 0 bridgehead atoms. The number of aromatic nitrogens is 2. The number of benzene rings is 1. The first-order valence-electron chi connectivity index (χ1n) is 11.0. The maximum Gasteiger partial charge on any atom is 0.435 e. The molecule has 1 aromatic heterocycles. The largest absolute Gasteiger partial charge is 0.493 e. The van der Waals surface area contributed by atoms with Crippen LogP contribution in [0.25, 0.3) is 11.3 Å². The van der Waals surface area contributed by atoms with Crippen molar-refractivity contribution in [3.05, 3.63) is 35.0 Å². The quantitative estimate of drug-likeness (QED) is 0.358. The normalized spacial score (nSPS) is 16.9. The van der Waals surface area contributed by atoms with Crippen molar-refractivity contribution >= 4 is 11.8 Å². The van der Waals surface area contributed by atoms with Crippen molar-refractivity contribution in [1.29, 1.82) is 0 Å². The third kappa shape index (κ3) is 4.25. The number of nitrogens with zero attached hydrogens (tertiary/aromatic N) is 2. The van der Waals surface area contributed by atoms with Crippen LogP contribution < -0.4 is 4.74 Å². The number of alkyl halides is 3. The minimum atomic E-state index is -4.90. The molecule has 0 N–H and O–H groups in total. The van der Waals surface area contributed by atoms with Gasteiger partial charge in [-0.05, 0) is 56.4 Å². The molecule has 1 fully saturated rings. The van der Waals surface area contributed by atoms with Crippen molar-refractivity contribution in [3.8, 4) is 17.0 Å². The lowest BCUT2D eigenvalue weighted by atomic mass is 9.93. The molecule has 1 aromatic carbocycles. The average Bonchev–Trinajstić information content (AvgIpc) is 3.20. The molecule has 1 aliphatic carbocycles. The number of fused-ring (bicyclic) bond motifs is 1. The second-order valence-corrected chi connectivity index (χ2v) is 8.13. The number of aryl methyl sites for hydroxylation is 1.